The Bertz CT molecular complexity index is 1330. The van der Waals surface area contributed by atoms with E-state index in [2.05, 4.69) is 10.6 Å². The fraction of sp³-hybridized carbons (Fsp3) is 0.706. The number of amides is 4. The van der Waals surface area contributed by atoms with Gasteiger partial charge in [0.05, 0.1) is 19.2 Å². The summed E-state index contributed by atoms with van der Waals surface area (Å²) in [7, 11) is 0. The van der Waals surface area contributed by atoms with Gasteiger partial charge in [0, 0.05) is 44.1 Å². The Morgan fingerprint density at radius 1 is 1.09 bits per heavy atom. The van der Waals surface area contributed by atoms with Crippen LogP contribution < -0.4 is 15.4 Å². The Hall–Kier alpha value is -3.48. The molecule has 13 heteroatoms. The van der Waals surface area contributed by atoms with E-state index in [-0.39, 0.29) is 31.6 Å². The van der Waals surface area contributed by atoms with Crippen molar-refractivity contribution in [3.8, 4) is 5.75 Å². The predicted molar refractivity (Wildman–Crippen MR) is 170 cm³/mol. The van der Waals surface area contributed by atoms with Crippen LogP contribution in [0.15, 0.2) is 24.3 Å². The lowest BCUT2D eigenvalue weighted by molar-refractivity contribution is -0.150. The molecule has 0 spiro atoms. The van der Waals surface area contributed by atoms with Crippen LogP contribution in [0.4, 0.5) is 13.6 Å². The quantitative estimate of drug-likeness (QED) is 0.384. The normalized spacial score (nSPS) is 25.8. The molecule has 11 nitrogen and oxygen atoms in total. The van der Waals surface area contributed by atoms with E-state index in [1.165, 1.54) is 11.8 Å². The highest BCUT2D eigenvalue weighted by Gasteiger charge is 2.52. The van der Waals surface area contributed by atoms with Crippen LogP contribution in [0.3, 0.4) is 0 Å². The van der Waals surface area contributed by atoms with Gasteiger partial charge in [-0.2, -0.15) is 0 Å². The standard InChI is InChI=1S/C34H49F2N5O6/c1-21(41(32(45)46)19-33(2,3)4)29(42)38-28(22-10-6-5-7-11-22)31(44)40-17-23-16-34(35,36)20-39(23)18-26(40)30(43)37-25-14-15-47-27-13-9-8-12-24(25)27/h8-9,12-13,21-23,25-26,28H,5-7,10-11,14-20H2,1-4H3,(H,37,43)(H,38,42)(H,45,46)/t21-,23+,25+,26-,28-/m0/s1. The fourth-order valence-electron chi connectivity index (χ4n) is 7.59. The van der Waals surface area contributed by atoms with Crippen molar-refractivity contribution in [1.29, 1.82) is 0 Å². The topological polar surface area (TPSA) is 132 Å². The zero-order valence-electron chi connectivity index (χ0n) is 27.8. The number of carboxylic acid groups (broad SMARTS) is 1. The van der Waals surface area contributed by atoms with Gasteiger partial charge in [-0.15, -0.1) is 0 Å². The molecular weight excluding hydrogens is 612 g/mol. The number of rotatable bonds is 8. The third-order valence-electron chi connectivity index (χ3n) is 9.96. The first-order chi connectivity index (χ1) is 22.1. The van der Waals surface area contributed by atoms with Gasteiger partial charge in [-0.25, -0.2) is 13.6 Å². The fourth-order valence-corrected chi connectivity index (χ4v) is 7.59. The summed E-state index contributed by atoms with van der Waals surface area (Å²) in [6.45, 7) is 7.01. The summed E-state index contributed by atoms with van der Waals surface area (Å²) in [6.07, 6.45) is 2.92. The number of carbonyl (C=O) groups is 4. The number of benzene rings is 1. The smallest absolute Gasteiger partial charge is 0.407 e. The van der Waals surface area contributed by atoms with Crippen molar-refractivity contribution in [2.75, 3.05) is 32.8 Å². The van der Waals surface area contributed by atoms with Gasteiger partial charge in [0.15, 0.2) is 0 Å². The molecule has 0 unspecified atom stereocenters. The van der Waals surface area contributed by atoms with E-state index in [9.17, 15) is 33.1 Å². The number of ether oxygens (including phenoxy) is 1. The molecule has 1 aromatic carbocycles. The predicted octanol–water partition coefficient (Wildman–Crippen LogP) is 4.03. The summed E-state index contributed by atoms with van der Waals surface area (Å²) in [5.74, 6) is -4.05. The Kier molecular flexibility index (Phi) is 10.3. The summed E-state index contributed by atoms with van der Waals surface area (Å²) in [5.41, 5.74) is 0.394. The molecule has 3 heterocycles. The maximum atomic E-state index is 14.6. The highest BCUT2D eigenvalue weighted by molar-refractivity contribution is 5.94. The molecule has 260 valence electrons. The van der Waals surface area contributed by atoms with Gasteiger partial charge in [0.1, 0.15) is 23.9 Å². The second-order valence-corrected chi connectivity index (χ2v) is 14.9. The van der Waals surface area contributed by atoms with Crippen molar-refractivity contribution < 1.29 is 37.8 Å². The van der Waals surface area contributed by atoms with Crippen LogP contribution in [0.1, 0.15) is 84.2 Å². The van der Waals surface area contributed by atoms with Crippen molar-refractivity contribution in [2.24, 2.45) is 11.3 Å². The van der Waals surface area contributed by atoms with Gasteiger partial charge in [-0.1, -0.05) is 58.2 Å². The average Bonchev–Trinajstić information content (AvgIpc) is 3.33. The van der Waals surface area contributed by atoms with Crippen LogP contribution in [0.25, 0.3) is 0 Å². The minimum Gasteiger partial charge on any atom is -0.493 e. The molecular formula is C34H49F2N5O6. The van der Waals surface area contributed by atoms with Crippen LogP contribution in [0, 0.1) is 11.3 Å². The number of nitrogens with one attached hydrogen (secondary N) is 2. The lowest BCUT2D eigenvalue weighted by Crippen LogP contribution is -2.66. The van der Waals surface area contributed by atoms with Gasteiger partial charge in [0.2, 0.25) is 17.7 Å². The molecule has 1 saturated carbocycles. The van der Waals surface area contributed by atoms with E-state index in [1.807, 2.05) is 45.0 Å². The minimum atomic E-state index is -2.94. The van der Waals surface area contributed by atoms with E-state index in [0.717, 1.165) is 29.7 Å². The van der Waals surface area contributed by atoms with Gasteiger partial charge >= 0.3 is 6.09 Å². The largest absolute Gasteiger partial charge is 0.493 e. The lowest BCUT2D eigenvalue weighted by Gasteiger charge is -2.45. The molecule has 1 aliphatic carbocycles. The molecule has 0 aromatic heterocycles. The Balaban J connectivity index is 1.42. The first kappa shape index (κ1) is 34.8. The van der Waals surface area contributed by atoms with E-state index in [4.69, 9.17) is 4.74 Å². The minimum absolute atomic E-state index is 0.0528. The number of halogens is 2. The zero-order chi connectivity index (χ0) is 34.1. The molecule has 0 bridgehead atoms. The maximum Gasteiger partial charge on any atom is 0.407 e. The lowest BCUT2D eigenvalue weighted by atomic mass is 9.82. The first-order valence-corrected chi connectivity index (χ1v) is 16.9. The van der Waals surface area contributed by atoms with Crippen molar-refractivity contribution in [3.05, 3.63) is 29.8 Å². The van der Waals surface area contributed by atoms with Gasteiger partial charge in [-0.05, 0) is 37.2 Å². The molecule has 3 aliphatic heterocycles. The number of fused-ring (bicyclic) bond motifs is 2. The van der Waals surface area contributed by atoms with E-state index in [0.29, 0.717) is 31.6 Å². The highest BCUT2D eigenvalue weighted by atomic mass is 19.3. The van der Waals surface area contributed by atoms with Crippen LogP contribution in [0.5, 0.6) is 5.75 Å². The summed E-state index contributed by atoms with van der Waals surface area (Å²) < 4.78 is 35.0. The van der Waals surface area contributed by atoms with Crippen LogP contribution >= 0.6 is 0 Å². The van der Waals surface area contributed by atoms with Gasteiger partial charge in [-0.3, -0.25) is 24.2 Å². The molecule has 5 atom stereocenters. The average molecular weight is 662 g/mol. The molecule has 4 amide bonds. The number of para-hydroxylation sites is 1. The second-order valence-electron chi connectivity index (χ2n) is 14.9. The number of nitrogens with zero attached hydrogens (tertiary/aromatic N) is 3. The molecule has 0 radical (unpaired) electrons. The summed E-state index contributed by atoms with van der Waals surface area (Å²) in [4.78, 5) is 58.6. The van der Waals surface area contributed by atoms with Crippen LogP contribution in [-0.2, 0) is 14.4 Å². The van der Waals surface area contributed by atoms with Crippen molar-refractivity contribution in [3.63, 3.8) is 0 Å². The monoisotopic (exact) mass is 661 g/mol. The Morgan fingerprint density at radius 2 is 1.79 bits per heavy atom. The van der Waals surface area contributed by atoms with Crippen LogP contribution in [-0.4, -0.2) is 106 Å². The van der Waals surface area contributed by atoms with E-state index >= 15 is 0 Å². The Labute approximate surface area is 275 Å². The Morgan fingerprint density at radius 3 is 2.47 bits per heavy atom. The van der Waals surface area contributed by atoms with Crippen LogP contribution in [0.2, 0.25) is 0 Å². The third kappa shape index (κ3) is 8.16. The second kappa shape index (κ2) is 13.9. The summed E-state index contributed by atoms with van der Waals surface area (Å²) in [6, 6.07) is 3.23. The first-order valence-electron chi connectivity index (χ1n) is 16.9. The van der Waals surface area contributed by atoms with Crippen molar-refractivity contribution in [1.82, 2.24) is 25.3 Å². The number of hydrogen-bond donors (Lipinski definition) is 3. The number of carbonyl (C=O) groups excluding carboxylic acids is 3. The third-order valence-corrected chi connectivity index (χ3v) is 9.96. The number of piperazine rings is 1. The van der Waals surface area contributed by atoms with Gasteiger partial charge in [0.25, 0.3) is 5.92 Å². The maximum absolute atomic E-state index is 14.6. The number of hydrogen-bond acceptors (Lipinski definition) is 6. The van der Waals surface area contributed by atoms with E-state index < -0.39 is 72.3 Å². The number of alkyl halides is 2. The zero-order valence-corrected chi connectivity index (χ0v) is 27.8. The van der Waals surface area contributed by atoms with Crippen molar-refractivity contribution >= 4 is 23.8 Å². The molecule has 2 saturated heterocycles. The van der Waals surface area contributed by atoms with Crippen molar-refractivity contribution in [2.45, 2.75) is 109 Å². The molecule has 5 rings (SSSR count). The summed E-state index contributed by atoms with van der Waals surface area (Å²) in [5, 5.41) is 15.9. The summed E-state index contributed by atoms with van der Waals surface area (Å²) >= 11 is 0. The molecule has 3 N–H and O–H groups in total. The molecule has 3 fully saturated rings. The highest BCUT2D eigenvalue weighted by Crippen LogP contribution is 2.37. The molecule has 47 heavy (non-hydrogen) atoms. The SMILES string of the molecule is C[C@@H](C(=O)N[C@H](C(=O)N1C[C@H]2CC(F)(F)CN2C[C@H]1C(=O)N[C@@H]1CCOc2ccccc21)C1CCCCC1)N(CC(C)(C)C)C(=O)O. The molecule has 4 aliphatic rings. The van der Waals surface area contributed by atoms with Gasteiger partial charge < -0.3 is 25.4 Å². The molecule has 1 aromatic rings. The van der Waals surface area contributed by atoms with E-state index in [1.54, 1.807) is 4.90 Å².